The van der Waals surface area contributed by atoms with Gasteiger partial charge in [0.05, 0.1) is 26.7 Å². The van der Waals surface area contributed by atoms with Crippen LogP contribution in [0.5, 0.6) is 23.0 Å². The molecule has 1 aliphatic rings. The smallest absolute Gasteiger partial charge is 0.311 e. The summed E-state index contributed by atoms with van der Waals surface area (Å²) in [4.78, 5) is 49.7. The predicted octanol–water partition coefficient (Wildman–Crippen LogP) is 3.17. The number of carbonyl (C=O) groups excluding carboxylic acids is 4. The van der Waals surface area contributed by atoms with Gasteiger partial charge in [0.15, 0.2) is 18.1 Å². The number of amides is 3. The molecule has 3 aromatic rings. The van der Waals surface area contributed by atoms with Crippen molar-refractivity contribution < 1.29 is 38.1 Å². The molecule has 0 aliphatic carbocycles. The lowest BCUT2D eigenvalue weighted by Gasteiger charge is -2.18. The fourth-order valence-electron chi connectivity index (χ4n) is 3.82. The highest BCUT2D eigenvalue weighted by Gasteiger charge is 2.36. The van der Waals surface area contributed by atoms with Gasteiger partial charge in [0, 0.05) is 17.7 Å². The Morgan fingerprint density at radius 1 is 0.897 bits per heavy atom. The fraction of sp³-hybridized carbons (Fsp3) is 0.214. The average molecular weight is 534 g/mol. The topological polar surface area (TPSA) is 132 Å². The number of benzene rings is 3. The van der Waals surface area contributed by atoms with Crippen molar-refractivity contribution in [1.29, 1.82) is 0 Å². The van der Waals surface area contributed by atoms with E-state index in [1.54, 1.807) is 30.3 Å². The third kappa shape index (κ3) is 7.04. The van der Waals surface area contributed by atoms with Gasteiger partial charge in [-0.05, 0) is 54.6 Å². The van der Waals surface area contributed by atoms with Crippen molar-refractivity contribution in [3.05, 3.63) is 78.4 Å². The first-order chi connectivity index (χ1) is 18.9. The van der Waals surface area contributed by atoms with Gasteiger partial charge in [0.25, 0.3) is 11.8 Å². The number of anilines is 1. The maximum absolute atomic E-state index is 12.6. The van der Waals surface area contributed by atoms with Gasteiger partial charge in [-0.25, -0.2) is 0 Å². The minimum Gasteiger partial charge on any atom is -0.493 e. The second-order valence-corrected chi connectivity index (χ2v) is 8.51. The van der Waals surface area contributed by atoms with E-state index < -0.39 is 36.2 Å². The fourth-order valence-corrected chi connectivity index (χ4v) is 3.82. The van der Waals surface area contributed by atoms with Crippen molar-refractivity contribution in [3.8, 4) is 23.0 Å². The lowest BCUT2D eigenvalue weighted by molar-refractivity contribution is -0.151. The number of ether oxygens (including phenoxy) is 4. The number of rotatable bonds is 10. The minimum absolute atomic E-state index is 0.0822. The Balaban J connectivity index is 1.23. The normalized spacial score (nSPS) is 14.4. The molecule has 0 radical (unpaired) electrons. The zero-order valence-corrected chi connectivity index (χ0v) is 21.3. The minimum atomic E-state index is -0.828. The van der Waals surface area contributed by atoms with Crippen molar-refractivity contribution >= 4 is 29.4 Å². The summed E-state index contributed by atoms with van der Waals surface area (Å²) in [5.74, 6) is -1.00. The third-order valence-electron chi connectivity index (χ3n) is 5.80. The molecule has 1 saturated heterocycles. The van der Waals surface area contributed by atoms with Crippen LogP contribution in [0.4, 0.5) is 5.69 Å². The Morgan fingerprint density at radius 3 is 2.28 bits per heavy atom. The van der Waals surface area contributed by atoms with Crippen LogP contribution in [-0.4, -0.2) is 56.1 Å². The molecule has 2 N–H and O–H groups in total. The first-order valence-electron chi connectivity index (χ1n) is 12.0. The van der Waals surface area contributed by atoms with Gasteiger partial charge >= 0.3 is 5.97 Å². The van der Waals surface area contributed by atoms with Crippen molar-refractivity contribution in [1.82, 2.24) is 10.4 Å². The molecule has 11 nitrogen and oxygen atoms in total. The molecule has 4 rings (SSSR count). The quantitative estimate of drug-likeness (QED) is 0.380. The summed E-state index contributed by atoms with van der Waals surface area (Å²) in [6.07, 6.45) is -0.157. The number of nitrogens with zero attached hydrogens (tertiary/aromatic N) is 1. The Labute approximate surface area is 224 Å². The van der Waals surface area contributed by atoms with Crippen LogP contribution in [-0.2, 0) is 19.1 Å². The molecular weight excluding hydrogens is 506 g/mol. The molecule has 39 heavy (non-hydrogen) atoms. The van der Waals surface area contributed by atoms with E-state index in [4.69, 9.17) is 18.9 Å². The van der Waals surface area contributed by atoms with Crippen LogP contribution in [0.15, 0.2) is 72.8 Å². The lowest BCUT2D eigenvalue weighted by Crippen LogP contribution is -2.43. The average Bonchev–Trinajstić information content (AvgIpc) is 3.32. The van der Waals surface area contributed by atoms with E-state index in [-0.39, 0.29) is 18.5 Å². The Hall–Kier alpha value is -5.06. The zero-order valence-electron chi connectivity index (χ0n) is 21.3. The predicted molar refractivity (Wildman–Crippen MR) is 139 cm³/mol. The van der Waals surface area contributed by atoms with E-state index >= 15 is 0 Å². The largest absolute Gasteiger partial charge is 0.493 e. The molecule has 1 atom stereocenters. The number of esters is 1. The van der Waals surface area contributed by atoms with Crippen LogP contribution >= 0.6 is 0 Å². The van der Waals surface area contributed by atoms with Gasteiger partial charge in [-0.1, -0.05) is 18.2 Å². The van der Waals surface area contributed by atoms with E-state index in [0.717, 1.165) is 5.01 Å². The van der Waals surface area contributed by atoms with Crippen LogP contribution in [0.25, 0.3) is 0 Å². The van der Waals surface area contributed by atoms with Gasteiger partial charge < -0.3 is 24.3 Å². The summed E-state index contributed by atoms with van der Waals surface area (Å²) in [5.41, 5.74) is 3.22. The first-order valence-corrected chi connectivity index (χ1v) is 12.0. The molecule has 0 spiro atoms. The summed E-state index contributed by atoms with van der Waals surface area (Å²) in [5, 5.41) is 3.69. The van der Waals surface area contributed by atoms with E-state index in [0.29, 0.717) is 28.7 Å². The summed E-state index contributed by atoms with van der Waals surface area (Å²) < 4.78 is 21.2. The Morgan fingerprint density at radius 2 is 1.59 bits per heavy atom. The van der Waals surface area contributed by atoms with E-state index in [2.05, 4.69) is 10.7 Å². The number of hydrogen-bond donors (Lipinski definition) is 2. The molecule has 3 aromatic carbocycles. The molecule has 1 fully saturated rings. The van der Waals surface area contributed by atoms with Crippen LogP contribution in [0, 0.1) is 5.92 Å². The van der Waals surface area contributed by atoms with Gasteiger partial charge in [-0.3, -0.25) is 29.6 Å². The van der Waals surface area contributed by atoms with Crippen molar-refractivity contribution in [2.75, 3.05) is 32.7 Å². The van der Waals surface area contributed by atoms with Gasteiger partial charge in [-0.2, -0.15) is 0 Å². The number of nitrogens with one attached hydrogen (secondary N) is 2. The summed E-state index contributed by atoms with van der Waals surface area (Å²) in [6, 6.07) is 20.5. The van der Waals surface area contributed by atoms with Crippen molar-refractivity contribution in [3.63, 3.8) is 0 Å². The molecule has 0 aromatic heterocycles. The highest BCUT2D eigenvalue weighted by molar-refractivity contribution is 5.97. The summed E-state index contributed by atoms with van der Waals surface area (Å²) in [7, 11) is 2.92. The molecule has 0 unspecified atom stereocenters. The van der Waals surface area contributed by atoms with Crippen LogP contribution in [0.3, 0.4) is 0 Å². The second-order valence-electron chi connectivity index (χ2n) is 8.51. The molecule has 0 saturated carbocycles. The maximum Gasteiger partial charge on any atom is 0.311 e. The summed E-state index contributed by atoms with van der Waals surface area (Å²) >= 11 is 0. The van der Waals surface area contributed by atoms with Crippen LogP contribution in [0.1, 0.15) is 16.8 Å². The van der Waals surface area contributed by atoms with Gasteiger partial charge in [0.1, 0.15) is 11.5 Å². The Bertz CT molecular complexity index is 1340. The SMILES string of the molecule is COc1ccc(C(=O)NN2C[C@@H](C(=O)OCC(=O)Nc3ccc(Oc4ccccc4)cc3)CC2=O)cc1OC. The van der Waals surface area contributed by atoms with E-state index in [1.165, 1.54) is 26.4 Å². The van der Waals surface area contributed by atoms with E-state index in [1.807, 2.05) is 30.3 Å². The number of hydrazine groups is 1. The molecule has 3 amide bonds. The lowest BCUT2D eigenvalue weighted by atomic mass is 10.1. The maximum atomic E-state index is 12.6. The second kappa shape index (κ2) is 12.5. The molecule has 1 aliphatic heterocycles. The van der Waals surface area contributed by atoms with Crippen molar-refractivity contribution in [2.45, 2.75) is 6.42 Å². The van der Waals surface area contributed by atoms with Gasteiger partial charge in [0.2, 0.25) is 5.91 Å². The first kappa shape index (κ1) is 27.0. The number of hydrogen-bond acceptors (Lipinski definition) is 8. The number of methoxy groups -OCH3 is 2. The van der Waals surface area contributed by atoms with Crippen LogP contribution in [0.2, 0.25) is 0 Å². The molecule has 11 heteroatoms. The number of para-hydroxylation sites is 1. The Kier molecular flexibility index (Phi) is 8.62. The van der Waals surface area contributed by atoms with Crippen molar-refractivity contribution in [2.24, 2.45) is 5.92 Å². The highest BCUT2D eigenvalue weighted by Crippen LogP contribution is 2.28. The third-order valence-corrected chi connectivity index (χ3v) is 5.80. The molecule has 1 heterocycles. The highest BCUT2D eigenvalue weighted by atomic mass is 16.5. The molecule has 0 bridgehead atoms. The monoisotopic (exact) mass is 533 g/mol. The zero-order chi connectivity index (χ0) is 27.8. The van der Waals surface area contributed by atoms with Crippen LogP contribution < -0.4 is 25.0 Å². The standard InChI is InChI=1S/C28H27N3O8/c1-36-23-13-8-18(14-24(23)37-2)27(34)30-31-16-19(15-26(31)33)28(35)38-17-25(32)29-20-9-11-22(12-10-20)39-21-6-4-3-5-7-21/h3-14,19H,15-17H2,1-2H3,(H,29,32)(H,30,34)/t19-/m0/s1. The number of carbonyl (C=O) groups is 4. The molecular formula is C28H27N3O8. The van der Waals surface area contributed by atoms with Gasteiger partial charge in [-0.15, -0.1) is 0 Å². The molecule has 202 valence electrons. The summed E-state index contributed by atoms with van der Waals surface area (Å²) in [6.45, 7) is -0.606. The van der Waals surface area contributed by atoms with E-state index in [9.17, 15) is 19.2 Å².